The van der Waals surface area contributed by atoms with Gasteiger partial charge in [-0.3, -0.25) is 0 Å². The molecule has 0 heteroatoms. The van der Waals surface area contributed by atoms with Crippen LogP contribution in [0.1, 0.15) is 53.4 Å². The van der Waals surface area contributed by atoms with E-state index >= 15 is 0 Å². The van der Waals surface area contributed by atoms with Crippen LogP contribution in [0.5, 0.6) is 0 Å². The summed E-state index contributed by atoms with van der Waals surface area (Å²) in [7, 11) is 0. The van der Waals surface area contributed by atoms with Crippen molar-refractivity contribution in [3.8, 4) is 0 Å². The van der Waals surface area contributed by atoms with Crippen LogP contribution in [0, 0.1) is 5.92 Å². The van der Waals surface area contributed by atoms with Crippen LogP contribution < -0.4 is 0 Å². The zero-order valence-corrected chi connectivity index (χ0v) is 9.69. The van der Waals surface area contributed by atoms with Gasteiger partial charge >= 0.3 is 0 Å². The first-order chi connectivity index (χ1) is 6.10. The molecule has 76 valence electrons. The van der Waals surface area contributed by atoms with Gasteiger partial charge in [0.05, 0.1) is 0 Å². The average Bonchev–Trinajstić information content (AvgIpc) is 2.11. The molecule has 1 unspecified atom stereocenters. The van der Waals surface area contributed by atoms with Crippen molar-refractivity contribution in [2.45, 2.75) is 53.4 Å². The second kappa shape index (κ2) is 6.94. The summed E-state index contributed by atoms with van der Waals surface area (Å²) in [4.78, 5) is 0. The minimum absolute atomic E-state index is 0.808. The molecule has 0 fully saturated rings. The Hall–Kier alpha value is -0.520. The minimum Gasteiger partial charge on any atom is -0.0999 e. The van der Waals surface area contributed by atoms with E-state index in [-0.39, 0.29) is 0 Å². The van der Waals surface area contributed by atoms with Gasteiger partial charge in [-0.15, -0.1) is 0 Å². The maximum absolute atomic E-state index is 4.07. The fourth-order valence-electron chi connectivity index (χ4n) is 1.35. The van der Waals surface area contributed by atoms with Crippen LogP contribution in [0.4, 0.5) is 0 Å². The third-order valence-corrected chi connectivity index (χ3v) is 2.51. The summed E-state index contributed by atoms with van der Waals surface area (Å²) in [5.74, 6) is 0.808. The van der Waals surface area contributed by atoms with E-state index in [1.165, 1.54) is 30.4 Å². The van der Waals surface area contributed by atoms with Crippen molar-refractivity contribution in [3.63, 3.8) is 0 Å². The summed E-state index contributed by atoms with van der Waals surface area (Å²) in [6, 6.07) is 0. The van der Waals surface area contributed by atoms with Crippen LogP contribution in [0.15, 0.2) is 23.8 Å². The standard InChI is InChI=1S/C13H24/c1-6-12(5)10-13(7-2)9-8-11(3)4/h8,13H,5-7,9-10H2,1-4H3. The molecule has 0 radical (unpaired) electrons. The van der Waals surface area contributed by atoms with E-state index in [2.05, 4.69) is 40.3 Å². The molecule has 0 aliphatic rings. The Balaban J connectivity index is 3.89. The molecule has 0 spiro atoms. The van der Waals surface area contributed by atoms with E-state index in [0.717, 1.165) is 12.3 Å². The summed E-state index contributed by atoms with van der Waals surface area (Å²) in [5.41, 5.74) is 2.83. The molecule has 0 saturated heterocycles. The van der Waals surface area contributed by atoms with E-state index in [0.29, 0.717) is 0 Å². The van der Waals surface area contributed by atoms with Crippen molar-refractivity contribution >= 4 is 0 Å². The van der Waals surface area contributed by atoms with E-state index in [1.54, 1.807) is 0 Å². The van der Waals surface area contributed by atoms with Gasteiger partial charge < -0.3 is 0 Å². The van der Waals surface area contributed by atoms with Gasteiger partial charge in [0, 0.05) is 0 Å². The molecule has 0 rings (SSSR count). The Morgan fingerprint density at radius 1 is 1.31 bits per heavy atom. The Bertz CT molecular complexity index is 170. The zero-order valence-electron chi connectivity index (χ0n) is 9.69. The number of hydrogen-bond donors (Lipinski definition) is 0. The van der Waals surface area contributed by atoms with Gasteiger partial charge in [-0.25, -0.2) is 0 Å². The Labute approximate surface area is 83.7 Å². The Kier molecular flexibility index (Phi) is 6.66. The summed E-state index contributed by atoms with van der Waals surface area (Å²) in [6.45, 7) is 12.9. The lowest BCUT2D eigenvalue weighted by Crippen LogP contribution is -1.98. The van der Waals surface area contributed by atoms with E-state index in [9.17, 15) is 0 Å². The predicted octanol–water partition coefficient (Wildman–Crippen LogP) is 4.73. The van der Waals surface area contributed by atoms with Crippen molar-refractivity contribution in [2.75, 3.05) is 0 Å². The topological polar surface area (TPSA) is 0 Å². The quantitative estimate of drug-likeness (QED) is 0.519. The molecule has 0 bridgehead atoms. The third-order valence-electron chi connectivity index (χ3n) is 2.51. The molecule has 0 N–H and O–H groups in total. The first kappa shape index (κ1) is 12.5. The first-order valence-electron chi connectivity index (χ1n) is 5.40. The molecule has 1 atom stereocenters. The van der Waals surface area contributed by atoms with Crippen LogP contribution in [-0.2, 0) is 0 Å². The molecule has 0 aromatic carbocycles. The minimum atomic E-state index is 0.808. The molecule has 0 aliphatic heterocycles. The number of hydrogen-bond acceptors (Lipinski definition) is 0. The van der Waals surface area contributed by atoms with Crippen LogP contribution in [-0.4, -0.2) is 0 Å². The van der Waals surface area contributed by atoms with Crippen molar-refractivity contribution in [2.24, 2.45) is 5.92 Å². The highest BCUT2D eigenvalue weighted by Gasteiger charge is 2.05. The monoisotopic (exact) mass is 180 g/mol. The Morgan fingerprint density at radius 3 is 2.31 bits per heavy atom. The molecule has 0 heterocycles. The summed E-state index contributed by atoms with van der Waals surface area (Å²) in [6.07, 6.45) is 7.17. The average molecular weight is 180 g/mol. The molecule has 0 aromatic rings. The van der Waals surface area contributed by atoms with Gasteiger partial charge in [0.2, 0.25) is 0 Å². The van der Waals surface area contributed by atoms with Gasteiger partial charge in [0.15, 0.2) is 0 Å². The van der Waals surface area contributed by atoms with Crippen LogP contribution >= 0.6 is 0 Å². The highest BCUT2D eigenvalue weighted by Crippen LogP contribution is 2.20. The molecule has 0 saturated carbocycles. The smallest absolute Gasteiger partial charge is 0.0292 e. The van der Waals surface area contributed by atoms with Crippen LogP contribution in [0.2, 0.25) is 0 Å². The first-order valence-corrected chi connectivity index (χ1v) is 5.40. The zero-order chi connectivity index (χ0) is 10.3. The summed E-state index contributed by atoms with van der Waals surface area (Å²) in [5, 5.41) is 0. The molecular formula is C13H24. The van der Waals surface area contributed by atoms with Crippen molar-refractivity contribution in [1.29, 1.82) is 0 Å². The fourth-order valence-corrected chi connectivity index (χ4v) is 1.35. The molecule has 0 aliphatic carbocycles. The molecular weight excluding hydrogens is 156 g/mol. The largest absolute Gasteiger partial charge is 0.0999 e. The second-order valence-electron chi connectivity index (χ2n) is 4.10. The third kappa shape index (κ3) is 6.62. The van der Waals surface area contributed by atoms with Gasteiger partial charge in [0.1, 0.15) is 0 Å². The maximum Gasteiger partial charge on any atom is -0.0292 e. The van der Waals surface area contributed by atoms with Crippen LogP contribution in [0.25, 0.3) is 0 Å². The molecule has 0 amide bonds. The van der Waals surface area contributed by atoms with Gasteiger partial charge in [-0.1, -0.05) is 44.1 Å². The predicted molar refractivity (Wildman–Crippen MR) is 61.9 cm³/mol. The molecule has 0 nitrogen and oxygen atoms in total. The second-order valence-corrected chi connectivity index (χ2v) is 4.10. The number of rotatable bonds is 6. The van der Waals surface area contributed by atoms with E-state index in [4.69, 9.17) is 0 Å². The molecule has 13 heavy (non-hydrogen) atoms. The maximum atomic E-state index is 4.07. The number of allylic oxidation sites excluding steroid dienone is 3. The fraction of sp³-hybridized carbons (Fsp3) is 0.692. The van der Waals surface area contributed by atoms with Crippen molar-refractivity contribution in [1.82, 2.24) is 0 Å². The summed E-state index contributed by atoms with van der Waals surface area (Å²) >= 11 is 0. The van der Waals surface area contributed by atoms with Gasteiger partial charge in [-0.05, 0) is 39.0 Å². The highest BCUT2D eigenvalue weighted by molar-refractivity contribution is 4.98. The lowest BCUT2D eigenvalue weighted by atomic mass is 9.93. The van der Waals surface area contributed by atoms with Gasteiger partial charge in [0.25, 0.3) is 0 Å². The Morgan fingerprint density at radius 2 is 1.92 bits per heavy atom. The van der Waals surface area contributed by atoms with Crippen molar-refractivity contribution in [3.05, 3.63) is 23.8 Å². The SMILES string of the molecule is C=C(CC)CC(CC)CC=C(C)C. The lowest BCUT2D eigenvalue weighted by Gasteiger charge is -2.13. The lowest BCUT2D eigenvalue weighted by molar-refractivity contribution is 0.506. The van der Waals surface area contributed by atoms with Crippen LogP contribution in [0.3, 0.4) is 0 Å². The highest BCUT2D eigenvalue weighted by atomic mass is 14.1. The van der Waals surface area contributed by atoms with E-state index in [1.807, 2.05) is 0 Å². The molecule has 0 aromatic heterocycles. The van der Waals surface area contributed by atoms with Gasteiger partial charge in [-0.2, -0.15) is 0 Å². The summed E-state index contributed by atoms with van der Waals surface area (Å²) < 4.78 is 0. The van der Waals surface area contributed by atoms with E-state index < -0.39 is 0 Å². The normalized spacial score (nSPS) is 12.3. The van der Waals surface area contributed by atoms with Crippen molar-refractivity contribution < 1.29 is 0 Å².